The number of carbonyl (C=O) groups is 2. The van der Waals surface area contributed by atoms with Gasteiger partial charge in [-0.1, -0.05) is 58.7 Å². The molecule has 0 fully saturated rings. The minimum Gasteiger partial charge on any atom is -0.357 e. The summed E-state index contributed by atoms with van der Waals surface area (Å²) in [4.78, 5) is 27.8. The number of halogens is 2. The third-order valence-electron chi connectivity index (χ3n) is 5.88. The zero-order valence-corrected chi connectivity index (χ0v) is 23.2. The average Bonchev–Trinajstić information content (AvgIpc) is 2.88. The van der Waals surface area contributed by atoms with Gasteiger partial charge in [-0.3, -0.25) is 13.9 Å². The van der Waals surface area contributed by atoms with Crippen LogP contribution in [0.25, 0.3) is 0 Å². The largest absolute Gasteiger partial charge is 0.357 e. The summed E-state index contributed by atoms with van der Waals surface area (Å²) in [5, 5.41) is 2.57. The number of likely N-dealkylation sites (N-methyl/N-ethyl adjacent to an activating group) is 1. The van der Waals surface area contributed by atoms with Gasteiger partial charge in [0.15, 0.2) is 0 Å². The first-order valence-electron chi connectivity index (χ1n) is 11.7. The van der Waals surface area contributed by atoms with Gasteiger partial charge in [0.05, 0.1) is 10.6 Å². The number of nitrogens with one attached hydrogen (secondary N) is 1. The highest BCUT2D eigenvalue weighted by Gasteiger charge is 2.33. The van der Waals surface area contributed by atoms with E-state index in [-0.39, 0.29) is 23.0 Å². The third kappa shape index (κ3) is 6.95. The molecule has 0 aliphatic rings. The van der Waals surface area contributed by atoms with Gasteiger partial charge in [-0.15, -0.1) is 0 Å². The molecule has 0 aliphatic carbocycles. The second-order valence-electron chi connectivity index (χ2n) is 8.49. The summed E-state index contributed by atoms with van der Waals surface area (Å²) >= 11 is 3.37. The van der Waals surface area contributed by atoms with Gasteiger partial charge in [-0.05, 0) is 61.4 Å². The van der Waals surface area contributed by atoms with E-state index in [9.17, 15) is 22.4 Å². The van der Waals surface area contributed by atoms with Gasteiger partial charge in [-0.25, -0.2) is 12.8 Å². The highest BCUT2D eigenvalue weighted by Crippen LogP contribution is 2.27. The Balaban J connectivity index is 2.05. The Morgan fingerprint density at radius 2 is 1.68 bits per heavy atom. The van der Waals surface area contributed by atoms with Gasteiger partial charge < -0.3 is 10.2 Å². The maximum absolute atomic E-state index is 13.8. The fourth-order valence-corrected chi connectivity index (χ4v) is 5.66. The van der Waals surface area contributed by atoms with Crippen LogP contribution >= 0.6 is 15.9 Å². The van der Waals surface area contributed by atoms with E-state index in [1.54, 1.807) is 43.3 Å². The smallest absolute Gasteiger partial charge is 0.264 e. The highest BCUT2D eigenvalue weighted by molar-refractivity contribution is 9.10. The number of hydrogen-bond donors (Lipinski definition) is 1. The second-order valence-corrected chi connectivity index (χ2v) is 11.3. The maximum Gasteiger partial charge on any atom is 0.264 e. The number of hydrogen-bond acceptors (Lipinski definition) is 4. The van der Waals surface area contributed by atoms with Crippen LogP contribution in [0.5, 0.6) is 0 Å². The van der Waals surface area contributed by atoms with Crippen molar-refractivity contribution in [1.29, 1.82) is 0 Å². The molecule has 0 saturated carbocycles. The topological polar surface area (TPSA) is 86.8 Å². The molecule has 0 aliphatic heterocycles. The molecule has 196 valence electrons. The molecule has 10 heteroatoms. The molecule has 37 heavy (non-hydrogen) atoms. The molecule has 3 aromatic rings. The zero-order chi connectivity index (χ0) is 27.2. The van der Waals surface area contributed by atoms with Gasteiger partial charge >= 0.3 is 0 Å². The lowest BCUT2D eigenvalue weighted by Crippen LogP contribution is -2.51. The molecular weight excluding hydrogens is 561 g/mol. The molecule has 7 nitrogen and oxygen atoms in total. The van der Waals surface area contributed by atoms with Crippen molar-refractivity contribution in [3.63, 3.8) is 0 Å². The van der Waals surface area contributed by atoms with Crippen LogP contribution in [0.2, 0.25) is 0 Å². The number of anilines is 1. The first-order valence-corrected chi connectivity index (χ1v) is 13.9. The number of amides is 2. The number of sulfonamides is 1. The van der Waals surface area contributed by atoms with Gasteiger partial charge in [0.25, 0.3) is 10.0 Å². The fraction of sp³-hybridized carbons (Fsp3) is 0.259. The molecule has 0 bridgehead atoms. The van der Waals surface area contributed by atoms with Crippen molar-refractivity contribution in [2.75, 3.05) is 17.9 Å². The predicted octanol–water partition coefficient (Wildman–Crippen LogP) is 4.65. The summed E-state index contributed by atoms with van der Waals surface area (Å²) in [6.07, 6.45) is 0.300. The molecule has 0 saturated heterocycles. The van der Waals surface area contributed by atoms with Crippen molar-refractivity contribution in [1.82, 2.24) is 10.2 Å². The van der Waals surface area contributed by atoms with E-state index in [1.165, 1.54) is 48.3 Å². The molecular formula is C27H29BrFN3O4S. The molecule has 2 amide bonds. The zero-order valence-electron chi connectivity index (χ0n) is 20.8. The van der Waals surface area contributed by atoms with Crippen LogP contribution in [-0.4, -0.2) is 44.8 Å². The van der Waals surface area contributed by atoms with Gasteiger partial charge in [0.1, 0.15) is 18.4 Å². The van der Waals surface area contributed by atoms with Crippen LogP contribution in [0.3, 0.4) is 0 Å². The van der Waals surface area contributed by atoms with E-state index in [1.807, 2.05) is 6.92 Å². The Kier molecular flexibility index (Phi) is 9.45. The molecule has 3 aromatic carbocycles. The molecule has 1 atom stereocenters. The average molecular weight is 591 g/mol. The molecule has 0 heterocycles. The van der Waals surface area contributed by atoms with E-state index >= 15 is 0 Å². The van der Waals surface area contributed by atoms with Crippen molar-refractivity contribution >= 4 is 43.5 Å². The first kappa shape index (κ1) is 28.3. The lowest BCUT2D eigenvalue weighted by molar-refractivity contribution is -0.140. The number of benzene rings is 3. The van der Waals surface area contributed by atoms with E-state index in [2.05, 4.69) is 21.2 Å². The molecule has 0 radical (unpaired) electrons. The van der Waals surface area contributed by atoms with E-state index < -0.39 is 34.3 Å². The van der Waals surface area contributed by atoms with Gasteiger partial charge in [0, 0.05) is 18.1 Å². The van der Waals surface area contributed by atoms with Crippen LogP contribution in [0.15, 0.2) is 82.2 Å². The Morgan fingerprint density at radius 3 is 2.24 bits per heavy atom. The Morgan fingerprint density at radius 1 is 1.03 bits per heavy atom. The van der Waals surface area contributed by atoms with Crippen LogP contribution in [-0.2, 0) is 26.2 Å². The molecule has 1 N–H and O–H groups in total. The number of rotatable bonds is 10. The maximum atomic E-state index is 13.8. The Hall–Kier alpha value is -3.24. The summed E-state index contributed by atoms with van der Waals surface area (Å²) in [6.45, 7) is 3.08. The quantitative estimate of drug-likeness (QED) is 0.373. The standard InChI is InChI=1S/C27H29BrFN3O4S/c1-4-25(27(34)30-3)31(17-20-10-12-22(29)13-11-20)26(33)18-32(23-7-5-6-21(28)16-23)37(35,36)24-14-8-19(2)9-15-24/h5-16,25H,4,17-18H2,1-3H3,(H,30,34). The summed E-state index contributed by atoms with van der Waals surface area (Å²) < 4.78 is 42.7. The van der Waals surface area contributed by atoms with E-state index in [4.69, 9.17) is 0 Å². The lowest BCUT2D eigenvalue weighted by Gasteiger charge is -2.33. The normalized spacial score (nSPS) is 12.0. The second kappa shape index (κ2) is 12.3. The van der Waals surface area contributed by atoms with Crippen molar-refractivity contribution < 1.29 is 22.4 Å². The lowest BCUT2D eigenvalue weighted by atomic mass is 10.1. The van der Waals surface area contributed by atoms with Crippen molar-refractivity contribution in [2.24, 2.45) is 0 Å². The molecule has 3 rings (SSSR count). The molecule has 1 unspecified atom stereocenters. The first-order chi connectivity index (χ1) is 17.6. The summed E-state index contributed by atoms with van der Waals surface area (Å²) in [7, 11) is -2.66. The number of nitrogens with zero attached hydrogens (tertiary/aromatic N) is 2. The van der Waals surface area contributed by atoms with Crippen molar-refractivity contribution in [3.8, 4) is 0 Å². The van der Waals surface area contributed by atoms with Crippen LogP contribution in [0.4, 0.5) is 10.1 Å². The molecule has 0 aromatic heterocycles. The minimum absolute atomic E-state index is 0.00193. The van der Waals surface area contributed by atoms with E-state index in [0.717, 1.165) is 9.87 Å². The van der Waals surface area contributed by atoms with Gasteiger partial charge in [-0.2, -0.15) is 0 Å². The highest BCUT2D eigenvalue weighted by atomic mass is 79.9. The Labute approximate surface area is 225 Å². The van der Waals surface area contributed by atoms with Crippen molar-refractivity contribution in [2.45, 2.75) is 37.8 Å². The summed E-state index contributed by atoms with van der Waals surface area (Å²) in [5.74, 6) is -1.38. The SMILES string of the molecule is CCC(C(=O)NC)N(Cc1ccc(F)cc1)C(=O)CN(c1cccc(Br)c1)S(=O)(=O)c1ccc(C)cc1. The number of carbonyl (C=O) groups excluding carboxylic acids is 2. The fourth-order valence-electron chi connectivity index (χ4n) is 3.87. The minimum atomic E-state index is -4.14. The van der Waals surface area contributed by atoms with E-state index in [0.29, 0.717) is 16.5 Å². The summed E-state index contributed by atoms with van der Waals surface area (Å²) in [5.41, 5.74) is 1.79. The number of aryl methyl sites for hydroxylation is 1. The predicted molar refractivity (Wildman–Crippen MR) is 145 cm³/mol. The van der Waals surface area contributed by atoms with Crippen LogP contribution in [0, 0.1) is 12.7 Å². The van der Waals surface area contributed by atoms with Gasteiger partial charge in [0.2, 0.25) is 11.8 Å². The third-order valence-corrected chi connectivity index (χ3v) is 8.16. The van der Waals surface area contributed by atoms with Crippen LogP contribution < -0.4 is 9.62 Å². The van der Waals surface area contributed by atoms with Crippen LogP contribution in [0.1, 0.15) is 24.5 Å². The van der Waals surface area contributed by atoms with Crippen molar-refractivity contribution in [3.05, 3.63) is 94.2 Å². The monoisotopic (exact) mass is 589 g/mol. The summed E-state index contributed by atoms with van der Waals surface area (Å²) in [6, 6.07) is 17.8. The Bertz CT molecular complexity index is 1350. The molecule has 0 spiro atoms.